The van der Waals surface area contributed by atoms with Crippen molar-refractivity contribution in [3.05, 3.63) is 17.7 Å². The fraction of sp³-hybridized carbons (Fsp3) is 0.750. The summed E-state index contributed by atoms with van der Waals surface area (Å²) in [6.07, 6.45) is 3.79. The zero-order chi connectivity index (χ0) is 11.7. The Labute approximate surface area is 92.5 Å². The maximum Gasteiger partial charge on any atom is 0.106 e. The summed E-state index contributed by atoms with van der Waals surface area (Å²) in [5.41, 5.74) is 7.15. The molecule has 3 N–H and O–H groups in total. The number of rotatable bonds is 3. The van der Waals surface area contributed by atoms with Crippen LogP contribution in [0.15, 0.2) is 6.20 Å². The van der Waals surface area contributed by atoms with E-state index in [4.69, 9.17) is 5.73 Å². The van der Waals surface area contributed by atoms with Crippen LogP contribution in [-0.4, -0.2) is 15.5 Å². The van der Waals surface area contributed by atoms with Gasteiger partial charge in [-0.15, -0.1) is 0 Å². The number of nitrogens with zero attached hydrogens (tertiary/aromatic N) is 1. The lowest BCUT2D eigenvalue weighted by atomic mass is 9.93. The van der Waals surface area contributed by atoms with Gasteiger partial charge < -0.3 is 10.7 Å². The lowest BCUT2D eigenvalue weighted by molar-refractivity contribution is 0.471. The van der Waals surface area contributed by atoms with Gasteiger partial charge in [0.05, 0.1) is 0 Å². The first-order valence-corrected chi connectivity index (χ1v) is 5.52. The van der Waals surface area contributed by atoms with E-state index in [-0.39, 0.29) is 11.0 Å². The number of imidazole rings is 1. The number of nitrogens with one attached hydrogen (secondary N) is 1. The molecule has 3 heteroatoms. The van der Waals surface area contributed by atoms with Crippen molar-refractivity contribution in [3.8, 4) is 0 Å². The largest absolute Gasteiger partial charge is 0.345 e. The smallest absolute Gasteiger partial charge is 0.106 e. The summed E-state index contributed by atoms with van der Waals surface area (Å²) in [7, 11) is 0. The predicted molar refractivity (Wildman–Crippen MR) is 63.9 cm³/mol. The molecule has 0 amide bonds. The van der Waals surface area contributed by atoms with E-state index in [1.165, 1.54) is 5.69 Å². The summed E-state index contributed by atoms with van der Waals surface area (Å²) in [6, 6.07) is 0. The number of aryl methyl sites for hydroxylation is 1. The van der Waals surface area contributed by atoms with Crippen LogP contribution >= 0.6 is 0 Å². The van der Waals surface area contributed by atoms with Crippen molar-refractivity contribution < 1.29 is 0 Å². The van der Waals surface area contributed by atoms with Crippen LogP contribution in [0.25, 0.3) is 0 Å². The normalized spacial score (nSPS) is 13.2. The number of nitrogens with two attached hydrogens (primary N) is 1. The molecule has 0 saturated carbocycles. The van der Waals surface area contributed by atoms with E-state index in [9.17, 15) is 0 Å². The van der Waals surface area contributed by atoms with Crippen LogP contribution in [0.5, 0.6) is 0 Å². The van der Waals surface area contributed by atoms with E-state index < -0.39 is 0 Å². The van der Waals surface area contributed by atoms with Gasteiger partial charge in [0, 0.05) is 29.3 Å². The van der Waals surface area contributed by atoms with E-state index in [1.54, 1.807) is 0 Å². The molecule has 0 fully saturated rings. The van der Waals surface area contributed by atoms with Crippen molar-refractivity contribution >= 4 is 0 Å². The minimum absolute atomic E-state index is 0.116. The average molecular weight is 209 g/mol. The number of aromatic nitrogens is 2. The van der Waals surface area contributed by atoms with E-state index in [0.717, 1.165) is 18.7 Å². The van der Waals surface area contributed by atoms with E-state index in [1.807, 2.05) is 20.0 Å². The molecule has 0 aliphatic rings. The van der Waals surface area contributed by atoms with E-state index in [2.05, 4.69) is 30.7 Å². The maximum absolute atomic E-state index is 5.93. The third kappa shape index (κ3) is 4.04. The van der Waals surface area contributed by atoms with Crippen molar-refractivity contribution in [2.24, 2.45) is 5.73 Å². The summed E-state index contributed by atoms with van der Waals surface area (Å²) >= 11 is 0. The molecule has 0 radical (unpaired) electrons. The first-order valence-electron chi connectivity index (χ1n) is 5.52. The minimum atomic E-state index is -0.116. The molecular weight excluding hydrogens is 186 g/mol. The molecule has 0 bridgehead atoms. The van der Waals surface area contributed by atoms with Crippen LogP contribution in [0.3, 0.4) is 0 Å². The summed E-state index contributed by atoms with van der Waals surface area (Å²) in [4.78, 5) is 7.73. The van der Waals surface area contributed by atoms with E-state index >= 15 is 0 Å². The van der Waals surface area contributed by atoms with Gasteiger partial charge in [-0.2, -0.15) is 0 Å². The molecule has 1 aromatic heterocycles. The van der Waals surface area contributed by atoms with Gasteiger partial charge in [0.2, 0.25) is 0 Å². The second-order valence-corrected chi connectivity index (χ2v) is 5.98. The van der Waals surface area contributed by atoms with Crippen LogP contribution in [0.1, 0.15) is 52.6 Å². The number of H-pyrrole nitrogens is 1. The van der Waals surface area contributed by atoms with Gasteiger partial charge in [0.1, 0.15) is 5.82 Å². The molecule has 86 valence electrons. The van der Waals surface area contributed by atoms with Gasteiger partial charge in [0.25, 0.3) is 0 Å². The van der Waals surface area contributed by atoms with Crippen molar-refractivity contribution in [2.45, 2.75) is 58.4 Å². The molecule has 1 aromatic rings. The van der Waals surface area contributed by atoms with Crippen LogP contribution in [-0.2, 0) is 11.8 Å². The molecule has 1 heterocycles. The first-order chi connectivity index (χ1) is 6.68. The van der Waals surface area contributed by atoms with Crippen molar-refractivity contribution in [2.75, 3.05) is 0 Å². The number of aromatic amines is 1. The number of hydrogen-bond acceptors (Lipinski definition) is 2. The Balaban J connectivity index is 2.62. The summed E-state index contributed by atoms with van der Waals surface area (Å²) in [5, 5.41) is 0. The third-order valence-corrected chi connectivity index (χ3v) is 2.44. The SMILES string of the molecule is CC(C)(N)CCc1ncc(C(C)(C)C)[nH]1. The highest BCUT2D eigenvalue weighted by atomic mass is 14.9. The quantitative estimate of drug-likeness (QED) is 0.803. The van der Waals surface area contributed by atoms with Gasteiger partial charge in [0.15, 0.2) is 0 Å². The molecular formula is C12H23N3. The topological polar surface area (TPSA) is 54.7 Å². The highest BCUT2D eigenvalue weighted by molar-refractivity contribution is 5.11. The van der Waals surface area contributed by atoms with Crippen LogP contribution in [0.2, 0.25) is 0 Å². The summed E-state index contributed by atoms with van der Waals surface area (Å²) in [5.74, 6) is 1.04. The molecule has 0 aromatic carbocycles. The van der Waals surface area contributed by atoms with Gasteiger partial charge in [-0.05, 0) is 20.3 Å². The third-order valence-electron chi connectivity index (χ3n) is 2.44. The minimum Gasteiger partial charge on any atom is -0.345 e. The van der Waals surface area contributed by atoms with E-state index in [0.29, 0.717) is 0 Å². The zero-order valence-corrected chi connectivity index (χ0v) is 10.5. The lowest BCUT2D eigenvalue weighted by Gasteiger charge is -2.17. The average Bonchev–Trinajstić information content (AvgIpc) is 2.45. The molecule has 0 aliphatic heterocycles. The Bertz CT molecular complexity index is 312. The molecule has 15 heavy (non-hydrogen) atoms. The van der Waals surface area contributed by atoms with Crippen molar-refractivity contribution in [1.29, 1.82) is 0 Å². The molecule has 3 nitrogen and oxygen atoms in total. The highest BCUT2D eigenvalue weighted by Crippen LogP contribution is 2.20. The van der Waals surface area contributed by atoms with Crippen LogP contribution in [0, 0.1) is 0 Å². The monoisotopic (exact) mass is 209 g/mol. The van der Waals surface area contributed by atoms with Crippen molar-refractivity contribution in [3.63, 3.8) is 0 Å². The first kappa shape index (κ1) is 12.2. The molecule has 0 unspecified atom stereocenters. The number of hydrogen-bond donors (Lipinski definition) is 2. The second-order valence-electron chi connectivity index (χ2n) is 5.98. The summed E-state index contributed by atoms with van der Waals surface area (Å²) in [6.45, 7) is 10.6. The Morgan fingerprint density at radius 1 is 1.27 bits per heavy atom. The molecule has 1 rings (SSSR count). The van der Waals surface area contributed by atoms with Gasteiger partial charge in [-0.1, -0.05) is 20.8 Å². The fourth-order valence-electron chi connectivity index (χ4n) is 1.31. The van der Waals surface area contributed by atoms with Crippen molar-refractivity contribution in [1.82, 2.24) is 9.97 Å². The predicted octanol–water partition coefficient (Wildman–Crippen LogP) is 2.38. The lowest BCUT2D eigenvalue weighted by Crippen LogP contribution is -2.32. The highest BCUT2D eigenvalue weighted by Gasteiger charge is 2.17. The Kier molecular flexibility index (Phi) is 3.24. The molecule has 0 aliphatic carbocycles. The maximum atomic E-state index is 5.93. The zero-order valence-electron chi connectivity index (χ0n) is 10.5. The standard InChI is InChI=1S/C12H23N3/c1-11(2,3)9-8-14-10(15-9)6-7-12(4,5)13/h8H,6-7,13H2,1-5H3,(H,14,15). The van der Waals surface area contributed by atoms with Gasteiger partial charge in [-0.3, -0.25) is 0 Å². The summed E-state index contributed by atoms with van der Waals surface area (Å²) < 4.78 is 0. The molecule has 0 atom stereocenters. The van der Waals surface area contributed by atoms with Gasteiger partial charge >= 0.3 is 0 Å². The Hall–Kier alpha value is -0.830. The van der Waals surface area contributed by atoms with Crippen LogP contribution < -0.4 is 5.73 Å². The fourth-order valence-corrected chi connectivity index (χ4v) is 1.31. The Morgan fingerprint density at radius 3 is 2.27 bits per heavy atom. The second kappa shape index (κ2) is 3.97. The van der Waals surface area contributed by atoms with Crippen LogP contribution in [0.4, 0.5) is 0 Å². The van der Waals surface area contributed by atoms with Gasteiger partial charge in [-0.25, -0.2) is 4.98 Å². The molecule has 0 spiro atoms. The Morgan fingerprint density at radius 2 is 1.87 bits per heavy atom. The molecule has 0 saturated heterocycles.